The SMILES string of the molecule is CCc1ccc(C(C)(C)C(=O)N[C@H]2CCCNC2)cc1. The lowest BCUT2D eigenvalue weighted by molar-refractivity contribution is -0.126. The summed E-state index contributed by atoms with van der Waals surface area (Å²) in [5, 5.41) is 6.52. The second-order valence-corrected chi connectivity index (χ2v) is 6.19. The van der Waals surface area contributed by atoms with Gasteiger partial charge in [-0.05, 0) is 50.8 Å². The summed E-state index contributed by atoms with van der Waals surface area (Å²) in [6, 6.07) is 8.67. The first-order chi connectivity index (χ1) is 9.54. The van der Waals surface area contributed by atoms with E-state index in [1.54, 1.807) is 0 Å². The molecule has 2 N–H and O–H groups in total. The quantitative estimate of drug-likeness (QED) is 0.885. The number of nitrogens with one attached hydrogen (secondary N) is 2. The van der Waals surface area contributed by atoms with Gasteiger partial charge >= 0.3 is 0 Å². The molecule has 1 aromatic carbocycles. The number of hydrogen-bond acceptors (Lipinski definition) is 2. The predicted octanol–water partition coefficient (Wildman–Crippen LogP) is 2.39. The van der Waals surface area contributed by atoms with E-state index in [0.29, 0.717) is 0 Å². The Hall–Kier alpha value is -1.35. The molecule has 0 aromatic heterocycles. The number of rotatable bonds is 4. The Kier molecular flexibility index (Phi) is 4.81. The van der Waals surface area contributed by atoms with Gasteiger partial charge in [0.1, 0.15) is 0 Å². The lowest BCUT2D eigenvalue weighted by Crippen LogP contribution is -2.50. The van der Waals surface area contributed by atoms with Crippen LogP contribution in [0.1, 0.15) is 44.7 Å². The van der Waals surface area contributed by atoms with Crippen LogP contribution in [0, 0.1) is 0 Å². The van der Waals surface area contributed by atoms with Crippen molar-refractivity contribution in [1.29, 1.82) is 0 Å². The van der Waals surface area contributed by atoms with Crippen LogP contribution in [0.4, 0.5) is 0 Å². The van der Waals surface area contributed by atoms with Crippen LogP contribution in [0.3, 0.4) is 0 Å². The standard InChI is InChI=1S/C17H26N2O/c1-4-13-7-9-14(10-8-13)17(2,3)16(20)19-15-6-5-11-18-12-15/h7-10,15,18H,4-6,11-12H2,1-3H3,(H,19,20)/t15-/m0/s1. The van der Waals surface area contributed by atoms with Crippen molar-refractivity contribution >= 4 is 5.91 Å². The van der Waals surface area contributed by atoms with Gasteiger partial charge < -0.3 is 10.6 Å². The average molecular weight is 274 g/mol. The highest BCUT2D eigenvalue weighted by Gasteiger charge is 2.31. The van der Waals surface area contributed by atoms with Crippen LogP contribution in [0.25, 0.3) is 0 Å². The molecule has 1 aromatic rings. The maximum absolute atomic E-state index is 12.5. The van der Waals surface area contributed by atoms with Crippen molar-refractivity contribution in [3.63, 3.8) is 0 Å². The highest BCUT2D eigenvalue weighted by atomic mass is 16.2. The number of amides is 1. The van der Waals surface area contributed by atoms with Crippen LogP contribution in [0.5, 0.6) is 0 Å². The van der Waals surface area contributed by atoms with E-state index < -0.39 is 5.41 Å². The molecule has 110 valence electrons. The van der Waals surface area contributed by atoms with Crippen LogP contribution >= 0.6 is 0 Å². The van der Waals surface area contributed by atoms with Crippen LogP contribution < -0.4 is 10.6 Å². The zero-order valence-corrected chi connectivity index (χ0v) is 12.8. The minimum Gasteiger partial charge on any atom is -0.351 e. The lowest BCUT2D eigenvalue weighted by atomic mass is 9.83. The fourth-order valence-corrected chi connectivity index (χ4v) is 2.63. The van der Waals surface area contributed by atoms with E-state index in [9.17, 15) is 4.79 Å². The number of hydrogen-bond donors (Lipinski definition) is 2. The van der Waals surface area contributed by atoms with Gasteiger partial charge in [-0.15, -0.1) is 0 Å². The van der Waals surface area contributed by atoms with E-state index in [-0.39, 0.29) is 11.9 Å². The molecule has 1 amide bonds. The molecule has 0 unspecified atom stereocenters. The molecule has 1 fully saturated rings. The molecule has 20 heavy (non-hydrogen) atoms. The summed E-state index contributed by atoms with van der Waals surface area (Å²) < 4.78 is 0. The summed E-state index contributed by atoms with van der Waals surface area (Å²) >= 11 is 0. The summed E-state index contributed by atoms with van der Waals surface area (Å²) in [6.07, 6.45) is 3.24. The number of benzene rings is 1. The largest absolute Gasteiger partial charge is 0.351 e. The van der Waals surface area contributed by atoms with Gasteiger partial charge in [-0.25, -0.2) is 0 Å². The highest BCUT2D eigenvalue weighted by molar-refractivity contribution is 5.87. The first kappa shape index (κ1) is 15.0. The van der Waals surface area contributed by atoms with E-state index in [0.717, 1.165) is 37.9 Å². The maximum atomic E-state index is 12.5. The summed E-state index contributed by atoms with van der Waals surface area (Å²) in [6.45, 7) is 8.09. The third kappa shape index (κ3) is 3.40. The Morgan fingerprint density at radius 1 is 1.35 bits per heavy atom. The molecular weight excluding hydrogens is 248 g/mol. The Bertz CT molecular complexity index is 445. The molecule has 1 heterocycles. The molecule has 0 spiro atoms. The fraction of sp³-hybridized carbons (Fsp3) is 0.588. The van der Waals surface area contributed by atoms with Gasteiger partial charge in [-0.3, -0.25) is 4.79 Å². The van der Waals surface area contributed by atoms with Crippen molar-refractivity contribution in [2.75, 3.05) is 13.1 Å². The smallest absolute Gasteiger partial charge is 0.230 e. The predicted molar refractivity (Wildman–Crippen MR) is 82.9 cm³/mol. The summed E-state index contributed by atoms with van der Waals surface area (Å²) in [5.41, 5.74) is 1.90. The molecular formula is C17H26N2O. The van der Waals surface area contributed by atoms with Crippen LogP contribution in [0.15, 0.2) is 24.3 Å². The summed E-state index contributed by atoms with van der Waals surface area (Å²) in [7, 11) is 0. The van der Waals surface area contributed by atoms with E-state index in [1.807, 2.05) is 13.8 Å². The molecule has 3 nitrogen and oxygen atoms in total. The molecule has 1 saturated heterocycles. The number of carbonyl (C=O) groups excluding carboxylic acids is 1. The van der Waals surface area contributed by atoms with Gasteiger partial charge in [0.05, 0.1) is 5.41 Å². The monoisotopic (exact) mass is 274 g/mol. The Morgan fingerprint density at radius 3 is 2.60 bits per heavy atom. The van der Waals surface area contributed by atoms with Crippen molar-refractivity contribution in [2.45, 2.75) is 51.5 Å². The van der Waals surface area contributed by atoms with E-state index in [1.165, 1.54) is 5.56 Å². The number of carbonyl (C=O) groups is 1. The highest BCUT2D eigenvalue weighted by Crippen LogP contribution is 2.24. The van der Waals surface area contributed by atoms with Crippen molar-refractivity contribution in [2.24, 2.45) is 0 Å². The molecule has 1 aliphatic rings. The molecule has 0 radical (unpaired) electrons. The second kappa shape index (κ2) is 6.40. The fourth-order valence-electron chi connectivity index (χ4n) is 2.63. The maximum Gasteiger partial charge on any atom is 0.230 e. The summed E-state index contributed by atoms with van der Waals surface area (Å²) in [5.74, 6) is 0.121. The third-order valence-corrected chi connectivity index (χ3v) is 4.28. The molecule has 0 saturated carbocycles. The van der Waals surface area contributed by atoms with Crippen LogP contribution in [-0.4, -0.2) is 25.0 Å². The normalized spacial score (nSPS) is 19.6. The first-order valence-corrected chi connectivity index (χ1v) is 7.65. The minimum absolute atomic E-state index is 0.121. The summed E-state index contributed by atoms with van der Waals surface area (Å²) in [4.78, 5) is 12.5. The zero-order chi connectivity index (χ0) is 14.6. The van der Waals surface area contributed by atoms with E-state index in [4.69, 9.17) is 0 Å². The molecule has 0 aliphatic carbocycles. The molecule has 0 bridgehead atoms. The molecule has 1 aliphatic heterocycles. The van der Waals surface area contributed by atoms with Crippen LogP contribution in [0.2, 0.25) is 0 Å². The van der Waals surface area contributed by atoms with Crippen molar-refractivity contribution in [3.8, 4) is 0 Å². The lowest BCUT2D eigenvalue weighted by Gasteiger charge is -2.30. The van der Waals surface area contributed by atoms with E-state index >= 15 is 0 Å². The van der Waals surface area contributed by atoms with Gasteiger partial charge in [-0.2, -0.15) is 0 Å². The topological polar surface area (TPSA) is 41.1 Å². The third-order valence-electron chi connectivity index (χ3n) is 4.28. The molecule has 3 heteroatoms. The van der Waals surface area contributed by atoms with Crippen molar-refractivity contribution in [1.82, 2.24) is 10.6 Å². The van der Waals surface area contributed by atoms with Crippen LogP contribution in [-0.2, 0) is 16.6 Å². The number of piperidine rings is 1. The molecule has 2 rings (SSSR count). The second-order valence-electron chi connectivity index (χ2n) is 6.19. The van der Waals surface area contributed by atoms with E-state index in [2.05, 4.69) is 41.8 Å². The van der Waals surface area contributed by atoms with Gasteiger partial charge in [-0.1, -0.05) is 31.2 Å². The van der Waals surface area contributed by atoms with Crippen molar-refractivity contribution < 1.29 is 4.79 Å². The average Bonchev–Trinajstić information content (AvgIpc) is 2.48. The molecule has 1 atom stereocenters. The van der Waals surface area contributed by atoms with Gasteiger partial charge in [0.15, 0.2) is 0 Å². The Balaban J connectivity index is 2.05. The number of aryl methyl sites for hydroxylation is 1. The van der Waals surface area contributed by atoms with Gasteiger partial charge in [0.25, 0.3) is 0 Å². The Morgan fingerprint density at radius 2 is 2.05 bits per heavy atom. The van der Waals surface area contributed by atoms with Gasteiger partial charge in [0.2, 0.25) is 5.91 Å². The minimum atomic E-state index is -0.482. The van der Waals surface area contributed by atoms with Crippen molar-refractivity contribution in [3.05, 3.63) is 35.4 Å². The van der Waals surface area contributed by atoms with Gasteiger partial charge in [0, 0.05) is 12.6 Å². The first-order valence-electron chi connectivity index (χ1n) is 7.65. The Labute approximate surface area is 122 Å². The zero-order valence-electron chi connectivity index (χ0n) is 12.8.